The van der Waals surface area contributed by atoms with Gasteiger partial charge in [0.1, 0.15) is 0 Å². The predicted octanol–water partition coefficient (Wildman–Crippen LogP) is 4.44. The number of rotatable bonds is 5. The molecule has 6 nitrogen and oxygen atoms in total. The molecule has 1 amide bonds. The maximum Gasteiger partial charge on any atom is 0.226 e. The Morgan fingerprint density at radius 2 is 1.85 bits per heavy atom. The van der Waals surface area contributed by atoms with Crippen LogP contribution < -0.4 is 0 Å². The van der Waals surface area contributed by atoms with Gasteiger partial charge in [-0.05, 0) is 41.6 Å². The minimum Gasteiger partial charge on any atom is -0.340 e. The highest BCUT2D eigenvalue weighted by Gasteiger charge is 2.57. The molecule has 6 rings (SSSR count). The van der Waals surface area contributed by atoms with Crippen LogP contribution in [0.25, 0.3) is 4.85 Å². The van der Waals surface area contributed by atoms with Crippen molar-refractivity contribution in [3.05, 3.63) is 59.5 Å². The van der Waals surface area contributed by atoms with E-state index in [4.69, 9.17) is 6.57 Å². The third kappa shape index (κ3) is 4.08. The van der Waals surface area contributed by atoms with Crippen molar-refractivity contribution in [3.8, 4) is 0 Å². The average Bonchev–Trinajstić information content (AvgIpc) is 3.25. The monoisotopic (exact) mass is 445 g/mol. The maximum atomic E-state index is 13.3. The highest BCUT2D eigenvalue weighted by Crippen LogP contribution is 2.63. The van der Waals surface area contributed by atoms with Crippen molar-refractivity contribution in [1.82, 2.24) is 19.4 Å². The molecule has 2 bridgehead atoms. The van der Waals surface area contributed by atoms with Crippen LogP contribution >= 0.6 is 0 Å². The molecule has 6 heteroatoms. The summed E-state index contributed by atoms with van der Waals surface area (Å²) in [5, 5.41) is 0. The van der Waals surface area contributed by atoms with Crippen LogP contribution in [0.5, 0.6) is 0 Å². The van der Waals surface area contributed by atoms with Gasteiger partial charge in [-0.1, -0.05) is 45.0 Å². The first-order chi connectivity index (χ1) is 15.9. The van der Waals surface area contributed by atoms with Crippen molar-refractivity contribution in [2.45, 2.75) is 46.7 Å². The summed E-state index contributed by atoms with van der Waals surface area (Å²) in [5.74, 6) is 2.58. The number of imidazole rings is 1. The molecule has 33 heavy (non-hydrogen) atoms. The van der Waals surface area contributed by atoms with E-state index in [-0.39, 0.29) is 5.92 Å². The van der Waals surface area contributed by atoms with Gasteiger partial charge in [-0.15, -0.1) is 0 Å². The van der Waals surface area contributed by atoms with Gasteiger partial charge in [0, 0.05) is 51.4 Å². The highest BCUT2D eigenvalue weighted by atomic mass is 16.2. The van der Waals surface area contributed by atoms with E-state index in [0.29, 0.717) is 28.8 Å². The lowest BCUT2D eigenvalue weighted by molar-refractivity contribution is -0.163. The third-order valence-corrected chi connectivity index (χ3v) is 8.96. The molecule has 3 aliphatic carbocycles. The molecule has 4 atom stereocenters. The summed E-state index contributed by atoms with van der Waals surface area (Å²) < 4.78 is 2.18. The topological polar surface area (TPSA) is 45.7 Å². The molecule has 174 valence electrons. The van der Waals surface area contributed by atoms with Crippen LogP contribution in [0.1, 0.15) is 44.9 Å². The van der Waals surface area contributed by atoms with E-state index >= 15 is 0 Å². The van der Waals surface area contributed by atoms with Crippen molar-refractivity contribution >= 4 is 11.6 Å². The van der Waals surface area contributed by atoms with Crippen LogP contribution in [0.3, 0.4) is 0 Å². The molecule has 0 radical (unpaired) electrons. The molecule has 3 saturated carbocycles. The van der Waals surface area contributed by atoms with E-state index in [2.05, 4.69) is 45.0 Å². The van der Waals surface area contributed by atoms with E-state index in [1.165, 1.54) is 17.7 Å². The molecule has 0 spiro atoms. The Kier molecular flexibility index (Phi) is 5.78. The van der Waals surface area contributed by atoms with Gasteiger partial charge in [-0.3, -0.25) is 9.69 Å². The minimum atomic E-state index is 0.226. The summed E-state index contributed by atoms with van der Waals surface area (Å²) in [6, 6.07) is 7.76. The van der Waals surface area contributed by atoms with E-state index in [9.17, 15) is 4.79 Å². The Bertz CT molecular complexity index is 1040. The molecule has 1 saturated heterocycles. The van der Waals surface area contributed by atoms with Gasteiger partial charge in [0.05, 0.1) is 18.6 Å². The Morgan fingerprint density at radius 3 is 2.48 bits per heavy atom. The number of carbonyl (C=O) groups is 1. The zero-order chi connectivity index (χ0) is 23.2. The average molecular weight is 446 g/mol. The first kappa shape index (κ1) is 22.2. The molecule has 1 aliphatic heterocycles. The number of nitrogens with zero attached hydrogens (tertiary/aromatic N) is 5. The quantitative estimate of drug-likeness (QED) is 0.639. The largest absolute Gasteiger partial charge is 0.340 e. The zero-order valence-corrected chi connectivity index (χ0v) is 20.1. The molecule has 4 aliphatic rings. The first-order valence-electron chi connectivity index (χ1n) is 12.3. The van der Waals surface area contributed by atoms with E-state index in [0.717, 1.165) is 51.6 Å². The number of aromatic nitrogens is 2. The fourth-order valence-corrected chi connectivity index (χ4v) is 6.56. The summed E-state index contributed by atoms with van der Waals surface area (Å²) in [7, 11) is 0. The molecule has 4 unspecified atom stereocenters. The Balaban J connectivity index is 1.15. The van der Waals surface area contributed by atoms with Crippen molar-refractivity contribution in [3.63, 3.8) is 0 Å². The standard InChI is InChI=1S/C27H35N5O/c1-19-24(13-21-14-25(19)27(21,2)3)26(33)31-11-9-30(10-12-31)17-23-15-29-18-32(23)16-20-5-7-22(28-4)8-6-20/h5-8,15,18-19,21,24-25H,9-14,16-17H2,1-3H3. The van der Waals surface area contributed by atoms with Gasteiger partial charge in [0.25, 0.3) is 0 Å². The summed E-state index contributed by atoms with van der Waals surface area (Å²) in [6.45, 7) is 19.3. The molecular formula is C27H35N5O. The van der Waals surface area contributed by atoms with Gasteiger partial charge < -0.3 is 9.47 Å². The van der Waals surface area contributed by atoms with E-state index < -0.39 is 0 Å². The lowest BCUT2D eigenvalue weighted by Gasteiger charge is -2.62. The molecule has 0 N–H and O–H groups in total. The number of amides is 1. The van der Waals surface area contributed by atoms with Crippen LogP contribution in [0.15, 0.2) is 36.8 Å². The minimum absolute atomic E-state index is 0.226. The lowest BCUT2D eigenvalue weighted by atomic mass is 9.43. The van der Waals surface area contributed by atoms with Gasteiger partial charge in [0.2, 0.25) is 5.91 Å². The Labute approximate surface area is 197 Å². The van der Waals surface area contributed by atoms with Crippen molar-refractivity contribution in [1.29, 1.82) is 0 Å². The summed E-state index contributed by atoms with van der Waals surface area (Å²) in [5.41, 5.74) is 3.45. The second-order valence-corrected chi connectivity index (χ2v) is 11.0. The molecule has 2 aromatic rings. The number of hydrogen-bond acceptors (Lipinski definition) is 3. The maximum absolute atomic E-state index is 13.3. The second kappa shape index (κ2) is 8.61. The fraction of sp³-hybridized carbons (Fsp3) is 0.593. The first-order valence-corrected chi connectivity index (χ1v) is 12.3. The van der Waals surface area contributed by atoms with Crippen LogP contribution in [-0.4, -0.2) is 51.4 Å². The smallest absolute Gasteiger partial charge is 0.226 e. The normalized spacial score (nSPS) is 28.7. The number of fused-ring (bicyclic) bond motifs is 2. The molecule has 1 aromatic heterocycles. The van der Waals surface area contributed by atoms with Gasteiger partial charge in [-0.2, -0.15) is 0 Å². The van der Waals surface area contributed by atoms with E-state index in [1.54, 1.807) is 0 Å². The lowest BCUT2D eigenvalue weighted by Crippen LogP contribution is -2.59. The molecule has 2 heterocycles. The summed E-state index contributed by atoms with van der Waals surface area (Å²) >= 11 is 0. The Hall–Kier alpha value is -2.65. The van der Waals surface area contributed by atoms with E-state index in [1.807, 2.05) is 36.8 Å². The number of benzene rings is 1. The summed E-state index contributed by atoms with van der Waals surface area (Å²) in [6.07, 6.45) is 6.24. The number of carbonyl (C=O) groups excluding carboxylic acids is 1. The second-order valence-electron chi connectivity index (χ2n) is 11.0. The molecular weight excluding hydrogens is 410 g/mol. The summed E-state index contributed by atoms with van der Waals surface area (Å²) in [4.78, 5) is 25.7. The highest BCUT2D eigenvalue weighted by molar-refractivity contribution is 5.79. The number of piperazine rings is 1. The SMILES string of the molecule is [C-]#[N+]c1ccc(Cn2cncc2CN2CCN(C(=O)C3CC4CC(C3C)C4(C)C)CC2)cc1. The zero-order valence-electron chi connectivity index (χ0n) is 20.1. The number of hydrogen-bond donors (Lipinski definition) is 0. The van der Waals surface area contributed by atoms with Crippen LogP contribution in [-0.2, 0) is 17.9 Å². The fourth-order valence-electron chi connectivity index (χ4n) is 6.56. The van der Waals surface area contributed by atoms with Crippen molar-refractivity contribution in [2.75, 3.05) is 26.2 Å². The van der Waals surface area contributed by atoms with Crippen molar-refractivity contribution < 1.29 is 4.79 Å². The van der Waals surface area contributed by atoms with Crippen LogP contribution in [0, 0.1) is 35.7 Å². The third-order valence-electron chi connectivity index (χ3n) is 8.96. The van der Waals surface area contributed by atoms with Gasteiger partial charge in [-0.25, -0.2) is 9.83 Å². The van der Waals surface area contributed by atoms with Crippen molar-refractivity contribution in [2.24, 2.45) is 29.1 Å². The molecule has 4 fully saturated rings. The van der Waals surface area contributed by atoms with Gasteiger partial charge >= 0.3 is 0 Å². The van der Waals surface area contributed by atoms with Gasteiger partial charge in [0.15, 0.2) is 5.69 Å². The van der Waals surface area contributed by atoms with Crippen LogP contribution in [0.4, 0.5) is 5.69 Å². The Morgan fingerprint density at radius 1 is 1.12 bits per heavy atom. The molecule has 1 aromatic carbocycles. The predicted molar refractivity (Wildman–Crippen MR) is 129 cm³/mol. The van der Waals surface area contributed by atoms with Crippen LogP contribution in [0.2, 0.25) is 0 Å².